The fourth-order valence-electron chi connectivity index (χ4n) is 2.14. The van der Waals surface area contributed by atoms with E-state index < -0.39 is 12.1 Å². The molecule has 6 nitrogen and oxygen atoms in total. The fourth-order valence-corrected chi connectivity index (χ4v) is 2.14. The lowest BCUT2D eigenvalue weighted by molar-refractivity contribution is -0.129. The highest BCUT2D eigenvalue weighted by Gasteiger charge is 2.25. The molecule has 1 aromatic carbocycles. The summed E-state index contributed by atoms with van der Waals surface area (Å²) in [6.07, 6.45) is 1.61. The zero-order chi connectivity index (χ0) is 14.5. The molecule has 20 heavy (non-hydrogen) atoms. The molecular weight excluding hydrogens is 258 g/mol. The molecule has 0 bridgehead atoms. The highest BCUT2D eigenvalue weighted by atomic mass is 16.3. The SMILES string of the molecule is N[C@H]1CCCNC(=O)[C@H](Cc2ccc(O)cc2)NC1=O. The summed E-state index contributed by atoms with van der Waals surface area (Å²) in [6, 6.07) is 5.33. The summed E-state index contributed by atoms with van der Waals surface area (Å²) >= 11 is 0. The topological polar surface area (TPSA) is 104 Å². The zero-order valence-electron chi connectivity index (χ0n) is 11.1. The van der Waals surface area contributed by atoms with Crippen LogP contribution in [-0.2, 0) is 16.0 Å². The molecule has 1 aliphatic rings. The molecule has 0 aliphatic carbocycles. The van der Waals surface area contributed by atoms with Gasteiger partial charge in [0.15, 0.2) is 0 Å². The minimum atomic E-state index is -0.642. The van der Waals surface area contributed by atoms with Gasteiger partial charge in [-0.2, -0.15) is 0 Å². The summed E-state index contributed by atoms with van der Waals surface area (Å²) in [7, 11) is 0. The molecule has 1 heterocycles. The summed E-state index contributed by atoms with van der Waals surface area (Å²) < 4.78 is 0. The van der Waals surface area contributed by atoms with Crippen LogP contribution in [-0.4, -0.2) is 35.5 Å². The third kappa shape index (κ3) is 3.71. The Morgan fingerprint density at radius 2 is 1.90 bits per heavy atom. The van der Waals surface area contributed by atoms with E-state index in [1.54, 1.807) is 24.3 Å². The van der Waals surface area contributed by atoms with Gasteiger partial charge in [0, 0.05) is 13.0 Å². The molecule has 108 valence electrons. The maximum atomic E-state index is 12.0. The van der Waals surface area contributed by atoms with E-state index in [0.29, 0.717) is 25.8 Å². The van der Waals surface area contributed by atoms with E-state index in [9.17, 15) is 14.7 Å². The predicted molar refractivity (Wildman–Crippen MR) is 74.0 cm³/mol. The lowest BCUT2D eigenvalue weighted by Crippen LogP contribution is -2.51. The molecule has 0 spiro atoms. The molecule has 0 saturated carbocycles. The van der Waals surface area contributed by atoms with Crippen molar-refractivity contribution in [1.82, 2.24) is 10.6 Å². The van der Waals surface area contributed by atoms with E-state index in [-0.39, 0.29) is 17.6 Å². The first kappa shape index (κ1) is 14.3. The summed E-state index contributed by atoms with van der Waals surface area (Å²) in [5.41, 5.74) is 6.61. The molecule has 0 unspecified atom stereocenters. The van der Waals surface area contributed by atoms with Gasteiger partial charge in [-0.1, -0.05) is 12.1 Å². The van der Waals surface area contributed by atoms with Crippen LogP contribution in [0.2, 0.25) is 0 Å². The van der Waals surface area contributed by atoms with Crippen LogP contribution in [0.25, 0.3) is 0 Å². The lowest BCUT2D eigenvalue weighted by atomic mass is 10.0. The zero-order valence-corrected chi connectivity index (χ0v) is 11.1. The van der Waals surface area contributed by atoms with Crippen LogP contribution in [0.3, 0.4) is 0 Å². The van der Waals surface area contributed by atoms with E-state index in [2.05, 4.69) is 10.6 Å². The van der Waals surface area contributed by atoms with Crippen LogP contribution in [0.5, 0.6) is 5.75 Å². The number of carbonyl (C=O) groups is 2. The monoisotopic (exact) mass is 277 g/mol. The number of rotatable bonds is 2. The molecular formula is C14H19N3O3. The number of aromatic hydroxyl groups is 1. The highest BCUT2D eigenvalue weighted by Crippen LogP contribution is 2.12. The average molecular weight is 277 g/mol. The van der Waals surface area contributed by atoms with Crippen LogP contribution in [0.15, 0.2) is 24.3 Å². The van der Waals surface area contributed by atoms with Crippen molar-refractivity contribution >= 4 is 11.8 Å². The minimum absolute atomic E-state index is 0.165. The van der Waals surface area contributed by atoms with Crippen molar-refractivity contribution in [1.29, 1.82) is 0 Å². The van der Waals surface area contributed by atoms with Crippen molar-refractivity contribution in [2.75, 3.05) is 6.54 Å². The number of nitrogens with one attached hydrogen (secondary N) is 2. The number of phenolic OH excluding ortho intramolecular Hbond substituents is 1. The quantitative estimate of drug-likeness (QED) is 0.593. The molecule has 5 N–H and O–H groups in total. The third-order valence-electron chi connectivity index (χ3n) is 3.34. The number of amides is 2. The van der Waals surface area contributed by atoms with Gasteiger partial charge in [-0.15, -0.1) is 0 Å². The van der Waals surface area contributed by atoms with Gasteiger partial charge in [0.25, 0.3) is 0 Å². The summed E-state index contributed by atoms with van der Waals surface area (Å²) in [5, 5.41) is 14.7. The lowest BCUT2D eigenvalue weighted by Gasteiger charge is -2.18. The highest BCUT2D eigenvalue weighted by molar-refractivity contribution is 5.90. The first-order chi connectivity index (χ1) is 9.56. The standard InChI is InChI=1S/C14H19N3O3/c15-11-2-1-7-16-14(20)12(17-13(11)19)8-9-3-5-10(18)6-4-9/h3-6,11-12,18H,1-2,7-8,15H2,(H,16,20)(H,17,19)/t11-,12-/m0/s1. The number of phenols is 1. The number of carbonyl (C=O) groups excluding carboxylic acids is 2. The largest absolute Gasteiger partial charge is 0.508 e. The van der Waals surface area contributed by atoms with Crippen molar-refractivity contribution in [3.8, 4) is 5.75 Å². The second kappa shape index (κ2) is 6.38. The summed E-state index contributed by atoms with van der Waals surface area (Å²) in [4.78, 5) is 23.9. The van der Waals surface area contributed by atoms with E-state index in [4.69, 9.17) is 5.73 Å². The Morgan fingerprint density at radius 1 is 1.20 bits per heavy atom. The molecule has 2 rings (SSSR count). The Labute approximate surface area is 117 Å². The smallest absolute Gasteiger partial charge is 0.242 e. The first-order valence-electron chi connectivity index (χ1n) is 6.68. The van der Waals surface area contributed by atoms with Crippen LogP contribution in [0.4, 0.5) is 0 Å². The Balaban J connectivity index is 2.10. The maximum absolute atomic E-state index is 12.0. The van der Waals surface area contributed by atoms with Gasteiger partial charge < -0.3 is 21.5 Å². The molecule has 1 fully saturated rings. The molecule has 1 aliphatic heterocycles. The van der Waals surface area contributed by atoms with E-state index in [1.165, 1.54) is 0 Å². The first-order valence-corrected chi connectivity index (χ1v) is 6.68. The van der Waals surface area contributed by atoms with E-state index in [1.807, 2.05) is 0 Å². The number of hydrogen-bond acceptors (Lipinski definition) is 4. The second-order valence-corrected chi connectivity index (χ2v) is 4.97. The van der Waals surface area contributed by atoms with E-state index >= 15 is 0 Å². The fraction of sp³-hybridized carbons (Fsp3) is 0.429. The van der Waals surface area contributed by atoms with Gasteiger partial charge in [0.1, 0.15) is 11.8 Å². The molecule has 1 aromatic rings. The van der Waals surface area contributed by atoms with E-state index in [0.717, 1.165) is 5.56 Å². The number of benzene rings is 1. The Kier molecular flexibility index (Phi) is 4.57. The maximum Gasteiger partial charge on any atom is 0.242 e. The Morgan fingerprint density at radius 3 is 2.60 bits per heavy atom. The molecule has 1 saturated heterocycles. The van der Waals surface area contributed by atoms with Crippen LogP contribution >= 0.6 is 0 Å². The predicted octanol–water partition coefficient (Wildman–Crippen LogP) is -0.343. The van der Waals surface area contributed by atoms with Gasteiger partial charge in [-0.05, 0) is 30.5 Å². The summed E-state index contributed by atoms with van der Waals surface area (Å²) in [5.74, 6) is -0.343. The van der Waals surface area contributed by atoms with Crippen LogP contribution in [0, 0.1) is 0 Å². The van der Waals surface area contributed by atoms with Crippen LogP contribution in [0.1, 0.15) is 18.4 Å². The Hall–Kier alpha value is -2.08. The summed E-state index contributed by atoms with van der Waals surface area (Å²) in [6.45, 7) is 0.521. The van der Waals surface area contributed by atoms with Crippen molar-refractivity contribution in [3.05, 3.63) is 29.8 Å². The normalized spacial score (nSPS) is 24.1. The van der Waals surface area contributed by atoms with Crippen molar-refractivity contribution < 1.29 is 14.7 Å². The molecule has 0 aromatic heterocycles. The van der Waals surface area contributed by atoms with Crippen molar-refractivity contribution in [2.45, 2.75) is 31.3 Å². The number of nitrogens with two attached hydrogens (primary N) is 1. The molecule has 2 amide bonds. The average Bonchev–Trinajstić information content (AvgIpc) is 2.48. The van der Waals surface area contributed by atoms with Gasteiger partial charge in [-0.25, -0.2) is 0 Å². The molecule has 2 atom stereocenters. The minimum Gasteiger partial charge on any atom is -0.508 e. The molecule has 6 heteroatoms. The van der Waals surface area contributed by atoms with Crippen LogP contribution < -0.4 is 16.4 Å². The third-order valence-corrected chi connectivity index (χ3v) is 3.34. The number of hydrogen-bond donors (Lipinski definition) is 4. The van der Waals surface area contributed by atoms with Gasteiger partial charge in [0.2, 0.25) is 11.8 Å². The van der Waals surface area contributed by atoms with Crippen molar-refractivity contribution in [2.24, 2.45) is 5.73 Å². The van der Waals surface area contributed by atoms with Crippen molar-refractivity contribution in [3.63, 3.8) is 0 Å². The van der Waals surface area contributed by atoms with Gasteiger partial charge in [0.05, 0.1) is 6.04 Å². The molecule has 0 radical (unpaired) electrons. The van der Waals surface area contributed by atoms with Gasteiger partial charge >= 0.3 is 0 Å². The second-order valence-electron chi connectivity index (χ2n) is 4.97. The Bertz CT molecular complexity index is 487. The van der Waals surface area contributed by atoms with Gasteiger partial charge in [-0.3, -0.25) is 9.59 Å².